The molecule has 4 heterocycles. The van der Waals surface area contributed by atoms with E-state index in [-0.39, 0.29) is 0 Å². The predicted octanol–water partition coefficient (Wildman–Crippen LogP) is 6.73. The van der Waals surface area contributed by atoms with Crippen LogP contribution in [0.1, 0.15) is 22.3 Å². The van der Waals surface area contributed by atoms with Crippen molar-refractivity contribution >= 4 is 38.5 Å². The van der Waals surface area contributed by atoms with Crippen LogP contribution >= 0.6 is 0 Å². The number of aromatic nitrogens is 4. The first kappa shape index (κ1) is 17.8. The molecule has 4 heteroatoms. The van der Waals surface area contributed by atoms with Crippen molar-refractivity contribution < 1.29 is 0 Å². The summed E-state index contributed by atoms with van der Waals surface area (Å²) in [6.45, 7) is 0. The van der Waals surface area contributed by atoms with Crippen LogP contribution in [0.5, 0.6) is 0 Å². The molecule has 2 aliphatic carbocycles. The van der Waals surface area contributed by atoms with Crippen LogP contribution in [0.2, 0.25) is 0 Å². The van der Waals surface area contributed by atoms with Gasteiger partial charge in [-0.15, -0.1) is 0 Å². The minimum absolute atomic E-state index is 0.899. The fourth-order valence-corrected chi connectivity index (χ4v) is 6.57. The number of hydrogen-bond donors (Lipinski definition) is 0. The van der Waals surface area contributed by atoms with Crippen LogP contribution in [-0.2, 0) is 12.8 Å². The molecule has 0 unspecified atom stereocenters. The maximum atomic E-state index is 5.10. The second kappa shape index (κ2) is 6.10. The lowest BCUT2D eigenvalue weighted by Gasteiger charge is -2.11. The fraction of sp³-hybridized carbons (Fsp3) is 0.0645. The predicted molar refractivity (Wildman–Crippen MR) is 140 cm³/mol. The third kappa shape index (κ3) is 2.11. The average molecular weight is 447 g/mol. The normalized spacial score (nSPS) is 13.5. The van der Waals surface area contributed by atoms with Gasteiger partial charge in [-0.05, 0) is 80.9 Å². The highest BCUT2D eigenvalue weighted by Crippen LogP contribution is 2.49. The zero-order chi connectivity index (χ0) is 22.7. The van der Waals surface area contributed by atoms with E-state index in [2.05, 4.69) is 64.0 Å². The van der Waals surface area contributed by atoms with Crippen LogP contribution in [0.25, 0.3) is 60.7 Å². The molecule has 2 aliphatic rings. The summed E-state index contributed by atoms with van der Waals surface area (Å²) in [5.74, 6) is 0. The lowest BCUT2D eigenvalue weighted by molar-refractivity contribution is 1.17. The van der Waals surface area contributed by atoms with E-state index in [1.165, 1.54) is 55.3 Å². The Morgan fingerprint density at radius 3 is 2.43 bits per heavy atom. The summed E-state index contributed by atoms with van der Waals surface area (Å²) in [5.41, 5.74) is 15.1. The lowest BCUT2D eigenvalue weighted by atomic mass is 9.96. The number of rotatable bonds is 0. The highest BCUT2D eigenvalue weighted by molar-refractivity contribution is 6.16. The van der Waals surface area contributed by atoms with E-state index in [1.807, 2.05) is 30.7 Å². The van der Waals surface area contributed by atoms with Crippen LogP contribution in [0.4, 0.5) is 0 Å². The molecule has 4 nitrogen and oxygen atoms in total. The molecule has 4 aromatic heterocycles. The fourth-order valence-electron chi connectivity index (χ4n) is 6.57. The number of imidazole rings is 1. The molecule has 162 valence electrons. The summed E-state index contributed by atoms with van der Waals surface area (Å²) in [4.78, 5) is 14.2. The van der Waals surface area contributed by atoms with Gasteiger partial charge in [0, 0.05) is 23.2 Å². The topological polar surface area (TPSA) is 43.1 Å². The van der Waals surface area contributed by atoms with Crippen molar-refractivity contribution in [1.29, 1.82) is 0 Å². The molecule has 0 spiro atoms. The van der Waals surface area contributed by atoms with Gasteiger partial charge < -0.3 is 0 Å². The minimum atomic E-state index is 0.899. The highest BCUT2D eigenvalue weighted by Gasteiger charge is 2.30. The summed E-state index contributed by atoms with van der Waals surface area (Å²) >= 11 is 0. The summed E-state index contributed by atoms with van der Waals surface area (Å²) < 4.78 is 2.22. The second-order valence-corrected chi connectivity index (χ2v) is 9.65. The van der Waals surface area contributed by atoms with E-state index >= 15 is 0 Å². The van der Waals surface area contributed by atoms with Gasteiger partial charge in [0.1, 0.15) is 16.8 Å². The Kier molecular flexibility index (Phi) is 3.11. The molecule has 3 aromatic carbocycles. The van der Waals surface area contributed by atoms with Gasteiger partial charge in [0.25, 0.3) is 0 Å². The molecular weight excluding hydrogens is 428 g/mol. The van der Waals surface area contributed by atoms with Crippen molar-refractivity contribution in [3.05, 3.63) is 108 Å². The van der Waals surface area contributed by atoms with Crippen LogP contribution in [0.15, 0.2) is 85.3 Å². The second-order valence-electron chi connectivity index (χ2n) is 9.65. The van der Waals surface area contributed by atoms with Crippen LogP contribution in [0.3, 0.4) is 0 Å². The first-order valence-corrected chi connectivity index (χ1v) is 12.0. The molecule has 0 bridgehead atoms. The smallest absolute Gasteiger partial charge is 0.147 e. The molecule has 0 saturated heterocycles. The minimum Gasteiger partial charge on any atom is -0.276 e. The Morgan fingerprint density at radius 2 is 1.46 bits per heavy atom. The van der Waals surface area contributed by atoms with Gasteiger partial charge in [0.05, 0.1) is 11.7 Å². The first-order chi connectivity index (χ1) is 17.4. The van der Waals surface area contributed by atoms with Gasteiger partial charge >= 0.3 is 0 Å². The Morgan fingerprint density at radius 1 is 0.629 bits per heavy atom. The third-order valence-corrected chi connectivity index (χ3v) is 8.03. The Hall–Kier alpha value is -4.57. The van der Waals surface area contributed by atoms with Crippen LogP contribution in [-0.4, -0.2) is 19.4 Å². The van der Waals surface area contributed by atoms with E-state index in [1.54, 1.807) is 0 Å². The maximum absolute atomic E-state index is 5.10. The summed E-state index contributed by atoms with van der Waals surface area (Å²) in [6, 6.07) is 24.3. The molecule has 7 aromatic rings. The molecule has 0 radical (unpaired) electrons. The molecule has 0 atom stereocenters. The average Bonchev–Trinajstić information content (AvgIpc) is 3.59. The van der Waals surface area contributed by atoms with Gasteiger partial charge in [-0.25, -0.2) is 9.97 Å². The SMILES string of the molecule is c1ccc2c(c1)Cc1c-2ccc2c1Cc1c-2ccc2c3cccnc3n3c4ccncc4nc3c12. The first-order valence-electron chi connectivity index (χ1n) is 12.0. The highest BCUT2D eigenvalue weighted by atomic mass is 15.1. The van der Waals surface area contributed by atoms with Crippen molar-refractivity contribution in [3.63, 3.8) is 0 Å². The van der Waals surface area contributed by atoms with Crippen molar-refractivity contribution in [2.75, 3.05) is 0 Å². The maximum Gasteiger partial charge on any atom is 0.147 e. The van der Waals surface area contributed by atoms with Gasteiger partial charge in [-0.3, -0.25) is 9.38 Å². The molecule has 35 heavy (non-hydrogen) atoms. The van der Waals surface area contributed by atoms with Gasteiger partial charge in [-0.1, -0.05) is 48.5 Å². The summed E-state index contributed by atoms with van der Waals surface area (Å²) in [6.07, 6.45) is 7.50. The molecule has 9 rings (SSSR count). The molecule has 0 N–H and O–H groups in total. The molecule has 0 saturated carbocycles. The van der Waals surface area contributed by atoms with Crippen molar-refractivity contribution in [2.24, 2.45) is 0 Å². The van der Waals surface area contributed by atoms with Crippen molar-refractivity contribution in [2.45, 2.75) is 12.8 Å². The number of hydrogen-bond acceptors (Lipinski definition) is 3. The zero-order valence-electron chi connectivity index (χ0n) is 18.8. The summed E-state index contributed by atoms with van der Waals surface area (Å²) in [5, 5.41) is 3.61. The van der Waals surface area contributed by atoms with Crippen molar-refractivity contribution in [3.8, 4) is 22.3 Å². The Labute approximate surface area is 200 Å². The number of nitrogens with zero attached hydrogens (tertiary/aromatic N) is 4. The molecular formula is C31H18N4. The van der Waals surface area contributed by atoms with Gasteiger partial charge in [0.2, 0.25) is 0 Å². The third-order valence-electron chi connectivity index (χ3n) is 8.03. The Balaban J connectivity index is 1.41. The molecule has 0 aliphatic heterocycles. The number of benzene rings is 3. The van der Waals surface area contributed by atoms with Crippen molar-refractivity contribution in [1.82, 2.24) is 19.4 Å². The van der Waals surface area contributed by atoms with E-state index < -0.39 is 0 Å². The lowest BCUT2D eigenvalue weighted by Crippen LogP contribution is -1.96. The number of pyridine rings is 3. The monoisotopic (exact) mass is 446 g/mol. The van der Waals surface area contributed by atoms with E-state index in [0.29, 0.717) is 0 Å². The van der Waals surface area contributed by atoms with E-state index in [9.17, 15) is 0 Å². The number of fused-ring (bicyclic) bond motifs is 16. The van der Waals surface area contributed by atoms with E-state index in [0.717, 1.165) is 40.6 Å². The zero-order valence-corrected chi connectivity index (χ0v) is 18.8. The largest absolute Gasteiger partial charge is 0.276 e. The van der Waals surface area contributed by atoms with Crippen LogP contribution in [0, 0.1) is 0 Å². The van der Waals surface area contributed by atoms with Gasteiger partial charge in [0.15, 0.2) is 0 Å². The molecule has 0 fully saturated rings. The molecule has 0 amide bonds. The standard InChI is InChI=1S/C31H18N4/c1-2-5-18-17(4-1)14-24-19(18)7-8-20-21-9-10-22-23-6-3-12-33-30(23)35-28-11-13-32-16-27(28)34-31(35)29(22)26(21)15-25(20)24/h1-13,16H,14-15H2. The van der Waals surface area contributed by atoms with Gasteiger partial charge in [-0.2, -0.15) is 0 Å². The summed E-state index contributed by atoms with van der Waals surface area (Å²) in [7, 11) is 0. The van der Waals surface area contributed by atoms with E-state index in [4.69, 9.17) is 9.97 Å². The van der Waals surface area contributed by atoms with Crippen LogP contribution < -0.4 is 0 Å². The Bertz CT molecular complexity index is 2070. The quantitative estimate of drug-likeness (QED) is 0.243.